The summed E-state index contributed by atoms with van der Waals surface area (Å²) in [5.74, 6) is 1.89. The number of hydrogen-bond donors (Lipinski definition) is 1. The third-order valence-electron chi connectivity index (χ3n) is 6.46. The maximum Gasteiger partial charge on any atom is 0.0487 e. The lowest BCUT2D eigenvalue weighted by atomic mass is 9.47. The second-order valence-corrected chi connectivity index (χ2v) is 7.93. The molecular formula is C15H26O. The summed E-state index contributed by atoms with van der Waals surface area (Å²) in [6, 6.07) is 0. The SMILES string of the molecule is CC1(C)C[C@H]2[C@H]1CC[C@]1(CO)CC[C@@]2(C)C1. The standard InChI is InChI=1S/C15H26O/c1-13(2)8-12-11(13)4-5-15(10-16)7-6-14(12,3)9-15/h11-12,16H,4-10H2,1-3H3/t11-,12+,14+,15+/m1/s1. The van der Waals surface area contributed by atoms with Crippen molar-refractivity contribution in [1.82, 2.24) is 0 Å². The van der Waals surface area contributed by atoms with Gasteiger partial charge in [-0.25, -0.2) is 0 Å². The summed E-state index contributed by atoms with van der Waals surface area (Å²) in [6.07, 6.45) is 8.02. The molecule has 3 aliphatic carbocycles. The van der Waals surface area contributed by atoms with E-state index in [1.807, 2.05) is 0 Å². The van der Waals surface area contributed by atoms with Crippen LogP contribution in [0.3, 0.4) is 0 Å². The fourth-order valence-electron chi connectivity index (χ4n) is 5.36. The van der Waals surface area contributed by atoms with Gasteiger partial charge in [0.25, 0.3) is 0 Å². The Hall–Kier alpha value is -0.0400. The van der Waals surface area contributed by atoms with Crippen LogP contribution >= 0.6 is 0 Å². The molecule has 0 aliphatic heterocycles. The molecule has 0 radical (unpaired) electrons. The summed E-state index contributed by atoms with van der Waals surface area (Å²) in [7, 11) is 0. The van der Waals surface area contributed by atoms with Crippen LogP contribution in [0, 0.1) is 28.1 Å². The topological polar surface area (TPSA) is 20.2 Å². The van der Waals surface area contributed by atoms with Crippen molar-refractivity contribution in [3.05, 3.63) is 0 Å². The molecule has 0 spiro atoms. The molecule has 0 saturated heterocycles. The average molecular weight is 222 g/mol. The Labute approximate surface area is 99.6 Å². The first-order valence-corrected chi connectivity index (χ1v) is 7.02. The van der Waals surface area contributed by atoms with Gasteiger partial charge in [0.1, 0.15) is 0 Å². The van der Waals surface area contributed by atoms with E-state index in [-0.39, 0.29) is 0 Å². The molecule has 1 nitrogen and oxygen atoms in total. The lowest BCUT2D eigenvalue weighted by molar-refractivity contribution is -0.0825. The summed E-state index contributed by atoms with van der Waals surface area (Å²) >= 11 is 0. The Morgan fingerprint density at radius 3 is 2.44 bits per heavy atom. The second-order valence-electron chi connectivity index (χ2n) is 7.93. The molecular weight excluding hydrogens is 196 g/mol. The fourth-order valence-corrected chi connectivity index (χ4v) is 5.36. The van der Waals surface area contributed by atoms with Crippen LogP contribution in [-0.2, 0) is 0 Å². The normalized spacial score (nSPS) is 54.0. The summed E-state index contributed by atoms with van der Waals surface area (Å²) < 4.78 is 0. The molecule has 1 N–H and O–H groups in total. The third kappa shape index (κ3) is 1.27. The molecule has 1 heteroatoms. The summed E-state index contributed by atoms with van der Waals surface area (Å²) in [5.41, 5.74) is 1.44. The molecule has 0 aromatic carbocycles. The number of aliphatic hydroxyl groups is 1. The molecule has 92 valence electrons. The van der Waals surface area contributed by atoms with Crippen molar-refractivity contribution in [1.29, 1.82) is 0 Å². The van der Waals surface area contributed by atoms with Gasteiger partial charge in [0, 0.05) is 6.61 Å². The van der Waals surface area contributed by atoms with Crippen molar-refractivity contribution < 1.29 is 5.11 Å². The summed E-state index contributed by atoms with van der Waals surface area (Å²) in [6.45, 7) is 7.83. The molecule has 3 saturated carbocycles. The van der Waals surface area contributed by atoms with E-state index < -0.39 is 0 Å². The minimum atomic E-state index is 0.308. The maximum atomic E-state index is 9.73. The van der Waals surface area contributed by atoms with Crippen LogP contribution in [-0.4, -0.2) is 11.7 Å². The zero-order valence-corrected chi connectivity index (χ0v) is 11.1. The van der Waals surface area contributed by atoms with Gasteiger partial charge in [-0.05, 0) is 66.6 Å². The number of aliphatic hydroxyl groups excluding tert-OH is 1. The van der Waals surface area contributed by atoms with E-state index >= 15 is 0 Å². The first kappa shape index (κ1) is 11.1. The van der Waals surface area contributed by atoms with Gasteiger partial charge in [-0.1, -0.05) is 20.8 Å². The lowest BCUT2D eigenvalue weighted by Crippen LogP contribution is -2.49. The quantitative estimate of drug-likeness (QED) is 0.718. The molecule has 0 aromatic rings. The van der Waals surface area contributed by atoms with Crippen LogP contribution in [0.5, 0.6) is 0 Å². The van der Waals surface area contributed by atoms with E-state index in [2.05, 4.69) is 20.8 Å². The molecule has 4 atom stereocenters. The molecule has 16 heavy (non-hydrogen) atoms. The van der Waals surface area contributed by atoms with Crippen molar-refractivity contribution in [2.75, 3.05) is 6.61 Å². The van der Waals surface area contributed by atoms with Gasteiger partial charge < -0.3 is 5.11 Å². The molecule has 0 heterocycles. The van der Waals surface area contributed by atoms with Crippen LogP contribution < -0.4 is 0 Å². The van der Waals surface area contributed by atoms with Gasteiger partial charge in [-0.15, -0.1) is 0 Å². The van der Waals surface area contributed by atoms with Crippen molar-refractivity contribution in [2.45, 2.75) is 59.3 Å². The Morgan fingerprint density at radius 1 is 1.06 bits per heavy atom. The highest BCUT2D eigenvalue weighted by molar-refractivity contribution is 5.10. The predicted octanol–water partition coefficient (Wildman–Crippen LogP) is 3.61. The predicted molar refractivity (Wildman–Crippen MR) is 66.1 cm³/mol. The second kappa shape index (κ2) is 3.04. The van der Waals surface area contributed by atoms with Crippen LogP contribution in [0.4, 0.5) is 0 Å². The Balaban J connectivity index is 1.90. The molecule has 3 rings (SSSR count). The first-order valence-electron chi connectivity index (χ1n) is 7.02. The minimum Gasteiger partial charge on any atom is -0.396 e. The van der Waals surface area contributed by atoms with Gasteiger partial charge in [-0.3, -0.25) is 0 Å². The number of fused-ring (bicyclic) bond motifs is 4. The van der Waals surface area contributed by atoms with E-state index in [0.717, 1.165) is 11.8 Å². The zero-order valence-electron chi connectivity index (χ0n) is 11.1. The smallest absolute Gasteiger partial charge is 0.0487 e. The van der Waals surface area contributed by atoms with Gasteiger partial charge >= 0.3 is 0 Å². The number of rotatable bonds is 1. The van der Waals surface area contributed by atoms with Gasteiger partial charge in [0.05, 0.1) is 0 Å². The van der Waals surface area contributed by atoms with Crippen LogP contribution in [0.15, 0.2) is 0 Å². The van der Waals surface area contributed by atoms with Gasteiger partial charge in [-0.2, -0.15) is 0 Å². The van der Waals surface area contributed by atoms with Gasteiger partial charge in [0.15, 0.2) is 0 Å². The minimum absolute atomic E-state index is 0.308. The molecule has 3 fully saturated rings. The van der Waals surface area contributed by atoms with E-state index in [0.29, 0.717) is 22.9 Å². The first-order chi connectivity index (χ1) is 7.41. The Morgan fingerprint density at radius 2 is 1.81 bits per heavy atom. The van der Waals surface area contributed by atoms with Crippen LogP contribution in [0.2, 0.25) is 0 Å². The van der Waals surface area contributed by atoms with Crippen LogP contribution in [0.1, 0.15) is 59.3 Å². The highest BCUT2D eigenvalue weighted by Crippen LogP contribution is 2.69. The molecule has 2 bridgehead atoms. The Bertz CT molecular complexity index is 309. The summed E-state index contributed by atoms with van der Waals surface area (Å²) in [5, 5.41) is 9.73. The monoisotopic (exact) mass is 222 g/mol. The highest BCUT2D eigenvalue weighted by Gasteiger charge is 2.60. The van der Waals surface area contributed by atoms with Crippen molar-refractivity contribution in [3.8, 4) is 0 Å². The lowest BCUT2D eigenvalue weighted by Gasteiger charge is -2.57. The third-order valence-corrected chi connectivity index (χ3v) is 6.46. The molecule has 0 unspecified atom stereocenters. The van der Waals surface area contributed by atoms with Crippen molar-refractivity contribution in [2.24, 2.45) is 28.1 Å². The van der Waals surface area contributed by atoms with Gasteiger partial charge in [0.2, 0.25) is 0 Å². The summed E-state index contributed by atoms with van der Waals surface area (Å²) in [4.78, 5) is 0. The molecule has 0 aromatic heterocycles. The van der Waals surface area contributed by atoms with Crippen molar-refractivity contribution in [3.63, 3.8) is 0 Å². The molecule has 3 aliphatic rings. The maximum absolute atomic E-state index is 9.73. The average Bonchev–Trinajstić information content (AvgIpc) is 2.50. The highest BCUT2D eigenvalue weighted by atomic mass is 16.3. The van der Waals surface area contributed by atoms with E-state index in [9.17, 15) is 5.11 Å². The van der Waals surface area contributed by atoms with E-state index in [1.54, 1.807) is 0 Å². The largest absolute Gasteiger partial charge is 0.396 e. The molecule has 0 amide bonds. The van der Waals surface area contributed by atoms with E-state index in [1.165, 1.54) is 38.5 Å². The van der Waals surface area contributed by atoms with E-state index in [4.69, 9.17) is 0 Å². The fraction of sp³-hybridized carbons (Fsp3) is 1.00. The van der Waals surface area contributed by atoms with Crippen LogP contribution in [0.25, 0.3) is 0 Å². The van der Waals surface area contributed by atoms with Crippen molar-refractivity contribution >= 4 is 0 Å². The Kier molecular flexibility index (Phi) is 2.11. The number of hydrogen-bond acceptors (Lipinski definition) is 1. The zero-order chi connectivity index (χ0) is 11.6.